The van der Waals surface area contributed by atoms with E-state index in [1.165, 1.54) is 21.8 Å². The fourth-order valence-electron chi connectivity index (χ4n) is 7.29. The third-order valence-corrected chi connectivity index (χ3v) is 9.43. The molecule has 0 N–H and O–H groups in total. The molecule has 0 fully saturated rings. The SMILES string of the molecule is N#Cc1ccc(-c2ccc(-c3ccccc3-n3c4ccccc4c4ccccc43)cc2)cc1-n1c2ccccc2c2cccc(C#N)c21. The molecule has 0 amide bonds. The van der Waals surface area contributed by atoms with Crippen molar-refractivity contribution in [2.24, 2.45) is 0 Å². The summed E-state index contributed by atoms with van der Waals surface area (Å²) < 4.78 is 4.43. The molecule has 4 heteroatoms. The van der Waals surface area contributed by atoms with Crippen LogP contribution in [0.5, 0.6) is 0 Å². The number of nitriles is 2. The van der Waals surface area contributed by atoms with Gasteiger partial charge in [-0.3, -0.25) is 0 Å². The van der Waals surface area contributed by atoms with Crippen molar-refractivity contribution in [1.29, 1.82) is 10.5 Å². The van der Waals surface area contributed by atoms with Crippen molar-refractivity contribution >= 4 is 43.6 Å². The van der Waals surface area contributed by atoms with Gasteiger partial charge in [0.05, 0.1) is 44.6 Å². The van der Waals surface area contributed by atoms with E-state index in [1.807, 2.05) is 48.5 Å². The summed E-state index contributed by atoms with van der Waals surface area (Å²) in [5.41, 5.74) is 11.4. The highest BCUT2D eigenvalue weighted by Crippen LogP contribution is 2.38. The predicted octanol–water partition coefficient (Wildman–Crippen LogP) is 11.0. The Morgan fingerprint density at radius 1 is 0.375 bits per heavy atom. The maximum atomic E-state index is 10.2. The summed E-state index contributed by atoms with van der Waals surface area (Å²) in [7, 11) is 0. The fourth-order valence-corrected chi connectivity index (χ4v) is 7.29. The Kier molecular flexibility index (Phi) is 6.22. The smallest absolute Gasteiger partial charge is 0.101 e. The highest BCUT2D eigenvalue weighted by Gasteiger charge is 2.19. The number of hydrogen-bond acceptors (Lipinski definition) is 2. The lowest BCUT2D eigenvalue weighted by Gasteiger charge is -2.15. The molecule has 222 valence electrons. The van der Waals surface area contributed by atoms with Crippen LogP contribution in [0.15, 0.2) is 158 Å². The minimum atomic E-state index is 0.547. The number of aromatic nitrogens is 2. The molecule has 0 aliphatic rings. The van der Waals surface area contributed by atoms with Crippen molar-refractivity contribution in [3.05, 3.63) is 169 Å². The lowest BCUT2D eigenvalue weighted by Crippen LogP contribution is -1.99. The van der Waals surface area contributed by atoms with Gasteiger partial charge in [-0.25, -0.2) is 0 Å². The van der Waals surface area contributed by atoms with Crippen LogP contribution in [0.2, 0.25) is 0 Å². The standard InChI is InChI=1S/C44H26N4/c45-27-32-25-24-31(26-43(32)48-42-19-8-4-14-37(42)38-15-9-10-33(28-46)44(38)48)29-20-22-30(23-21-29)34-11-1-5-16-39(34)47-40-17-6-2-12-35(40)36-13-3-7-18-41(36)47/h1-26H. The highest BCUT2D eigenvalue weighted by atomic mass is 15.0. The van der Waals surface area contributed by atoms with Crippen molar-refractivity contribution in [2.45, 2.75) is 0 Å². The summed E-state index contributed by atoms with van der Waals surface area (Å²) >= 11 is 0. The lowest BCUT2D eigenvalue weighted by atomic mass is 9.98. The summed E-state index contributed by atoms with van der Waals surface area (Å²) in [4.78, 5) is 0. The van der Waals surface area contributed by atoms with Crippen LogP contribution in [0.25, 0.3) is 77.2 Å². The molecule has 2 aromatic heterocycles. The molecule has 7 aromatic carbocycles. The first kappa shape index (κ1) is 27.4. The largest absolute Gasteiger partial charge is 0.309 e. The summed E-state index contributed by atoms with van der Waals surface area (Å²) in [6, 6.07) is 59.0. The van der Waals surface area contributed by atoms with E-state index in [1.54, 1.807) is 0 Å². The Bertz CT molecular complexity index is 2750. The number of nitrogens with zero attached hydrogens (tertiary/aromatic N) is 4. The lowest BCUT2D eigenvalue weighted by molar-refractivity contribution is 1.16. The zero-order valence-electron chi connectivity index (χ0n) is 25.8. The van der Waals surface area contributed by atoms with Gasteiger partial charge >= 0.3 is 0 Å². The van der Waals surface area contributed by atoms with Crippen LogP contribution in [-0.4, -0.2) is 9.13 Å². The normalized spacial score (nSPS) is 11.3. The first-order valence-corrected chi connectivity index (χ1v) is 15.9. The summed E-state index contributed by atoms with van der Waals surface area (Å²) in [5, 5.41) is 24.8. The zero-order chi connectivity index (χ0) is 32.2. The van der Waals surface area contributed by atoms with E-state index in [-0.39, 0.29) is 0 Å². The van der Waals surface area contributed by atoms with Crippen molar-refractivity contribution < 1.29 is 0 Å². The molecule has 0 atom stereocenters. The Morgan fingerprint density at radius 3 is 1.56 bits per heavy atom. The second-order valence-corrected chi connectivity index (χ2v) is 12.0. The topological polar surface area (TPSA) is 57.4 Å². The van der Waals surface area contributed by atoms with Crippen LogP contribution in [-0.2, 0) is 0 Å². The molecule has 0 spiro atoms. The first-order chi connectivity index (χ1) is 23.7. The van der Waals surface area contributed by atoms with Crippen LogP contribution in [0.3, 0.4) is 0 Å². The molecule has 0 aliphatic heterocycles. The number of rotatable bonds is 4. The molecule has 0 aliphatic carbocycles. The fraction of sp³-hybridized carbons (Fsp3) is 0. The Labute approximate surface area is 277 Å². The van der Waals surface area contributed by atoms with Crippen molar-refractivity contribution in [1.82, 2.24) is 9.13 Å². The number of hydrogen-bond donors (Lipinski definition) is 0. The van der Waals surface area contributed by atoms with Gasteiger partial charge in [-0.05, 0) is 59.2 Å². The molecule has 0 bridgehead atoms. The Morgan fingerprint density at radius 2 is 0.896 bits per heavy atom. The number of fused-ring (bicyclic) bond motifs is 6. The van der Waals surface area contributed by atoms with Gasteiger partial charge in [0, 0.05) is 27.1 Å². The van der Waals surface area contributed by atoms with Crippen molar-refractivity contribution in [3.8, 4) is 45.8 Å². The van der Waals surface area contributed by atoms with Gasteiger partial charge in [-0.1, -0.05) is 115 Å². The van der Waals surface area contributed by atoms with Crippen LogP contribution in [0.1, 0.15) is 11.1 Å². The Balaban J connectivity index is 1.18. The quantitative estimate of drug-likeness (QED) is 0.199. The van der Waals surface area contributed by atoms with Crippen molar-refractivity contribution in [2.75, 3.05) is 0 Å². The van der Waals surface area contributed by atoms with E-state index in [0.29, 0.717) is 11.1 Å². The number of benzene rings is 7. The average molecular weight is 611 g/mol. The van der Waals surface area contributed by atoms with E-state index in [0.717, 1.165) is 55.4 Å². The minimum absolute atomic E-state index is 0.547. The second kappa shape index (κ2) is 10.9. The van der Waals surface area contributed by atoms with Gasteiger partial charge < -0.3 is 9.13 Å². The monoisotopic (exact) mass is 610 g/mol. The summed E-state index contributed by atoms with van der Waals surface area (Å²) in [5.74, 6) is 0. The molecule has 48 heavy (non-hydrogen) atoms. The zero-order valence-corrected chi connectivity index (χ0v) is 25.8. The van der Waals surface area contributed by atoms with Crippen LogP contribution in [0.4, 0.5) is 0 Å². The molecule has 9 rings (SSSR count). The number of para-hydroxylation sites is 5. The molecule has 0 unspecified atom stereocenters. The molecule has 0 radical (unpaired) electrons. The van der Waals surface area contributed by atoms with E-state index >= 15 is 0 Å². The van der Waals surface area contributed by atoms with Gasteiger partial charge in [-0.15, -0.1) is 0 Å². The molecule has 2 heterocycles. The van der Waals surface area contributed by atoms with Gasteiger partial charge in [-0.2, -0.15) is 10.5 Å². The molecular formula is C44H26N4. The molecule has 0 saturated carbocycles. The molecule has 9 aromatic rings. The minimum Gasteiger partial charge on any atom is -0.309 e. The molecule has 4 nitrogen and oxygen atoms in total. The van der Waals surface area contributed by atoms with E-state index in [4.69, 9.17) is 0 Å². The van der Waals surface area contributed by atoms with Crippen LogP contribution >= 0.6 is 0 Å². The average Bonchev–Trinajstić information content (AvgIpc) is 3.68. The van der Waals surface area contributed by atoms with E-state index < -0.39 is 0 Å². The maximum Gasteiger partial charge on any atom is 0.101 e. The van der Waals surface area contributed by atoms with E-state index in [9.17, 15) is 10.5 Å². The van der Waals surface area contributed by atoms with Gasteiger partial charge in [0.1, 0.15) is 12.1 Å². The third-order valence-electron chi connectivity index (χ3n) is 9.43. The highest BCUT2D eigenvalue weighted by molar-refractivity contribution is 6.11. The Hall–Kier alpha value is -6.88. The predicted molar refractivity (Wildman–Crippen MR) is 195 cm³/mol. The van der Waals surface area contributed by atoms with Crippen molar-refractivity contribution in [3.63, 3.8) is 0 Å². The second-order valence-electron chi connectivity index (χ2n) is 12.0. The third kappa shape index (κ3) is 4.07. The summed E-state index contributed by atoms with van der Waals surface area (Å²) in [6.45, 7) is 0. The van der Waals surface area contributed by atoms with Gasteiger partial charge in [0.2, 0.25) is 0 Å². The van der Waals surface area contributed by atoms with Crippen LogP contribution < -0.4 is 0 Å². The molecule has 0 saturated heterocycles. The maximum absolute atomic E-state index is 10.2. The van der Waals surface area contributed by atoms with E-state index in [2.05, 4.69) is 130 Å². The molecular weight excluding hydrogens is 585 g/mol. The first-order valence-electron chi connectivity index (χ1n) is 15.9. The van der Waals surface area contributed by atoms with Gasteiger partial charge in [0.25, 0.3) is 0 Å². The summed E-state index contributed by atoms with van der Waals surface area (Å²) in [6.07, 6.45) is 0. The van der Waals surface area contributed by atoms with Gasteiger partial charge in [0.15, 0.2) is 0 Å². The van der Waals surface area contributed by atoms with Crippen LogP contribution in [0, 0.1) is 22.7 Å².